The highest BCUT2D eigenvalue weighted by molar-refractivity contribution is 4.86. The predicted molar refractivity (Wildman–Crippen MR) is 108 cm³/mol. The van der Waals surface area contributed by atoms with Gasteiger partial charge in [-0.05, 0) is 75.4 Å². The largest absolute Gasteiger partial charge is 0.306 e. The fraction of sp³-hybridized carbons (Fsp3) is 1.00. The minimum Gasteiger partial charge on any atom is -0.306 e. The van der Waals surface area contributed by atoms with E-state index in [1.807, 2.05) is 0 Å². The zero-order chi connectivity index (χ0) is 17.5. The zero-order valence-electron chi connectivity index (χ0n) is 17.3. The Morgan fingerprint density at radius 2 is 1.04 bits per heavy atom. The topological polar surface area (TPSA) is 3.24 Å². The molecule has 1 heteroatoms. The summed E-state index contributed by atoms with van der Waals surface area (Å²) in [5.74, 6) is 0.987. The summed E-state index contributed by atoms with van der Waals surface area (Å²) >= 11 is 0. The van der Waals surface area contributed by atoms with Crippen molar-refractivity contribution in [3.8, 4) is 0 Å². The molecule has 2 fully saturated rings. The lowest BCUT2D eigenvalue weighted by molar-refractivity contribution is 0.0773. The van der Waals surface area contributed by atoms with Crippen LogP contribution in [0, 0.1) is 16.7 Å². The zero-order valence-corrected chi connectivity index (χ0v) is 17.3. The van der Waals surface area contributed by atoms with E-state index in [1.165, 1.54) is 103 Å². The predicted octanol–water partition coefficient (Wildman–Crippen LogP) is 7.06. The normalized spacial score (nSPS) is 29.0. The maximum Gasteiger partial charge on any atom is -0.00189 e. The second-order valence-corrected chi connectivity index (χ2v) is 10.2. The smallest absolute Gasteiger partial charge is 0.00189 e. The van der Waals surface area contributed by atoms with Crippen molar-refractivity contribution in [1.29, 1.82) is 0 Å². The van der Waals surface area contributed by atoms with Gasteiger partial charge in [-0.1, -0.05) is 72.1 Å². The fourth-order valence-corrected chi connectivity index (χ4v) is 5.34. The van der Waals surface area contributed by atoms with Crippen LogP contribution in [0.3, 0.4) is 0 Å². The van der Waals surface area contributed by atoms with Crippen LogP contribution in [-0.2, 0) is 0 Å². The first-order valence-corrected chi connectivity index (χ1v) is 11.1. The number of hydrogen-bond donors (Lipinski definition) is 0. The van der Waals surface area contributed by atoms with E-state index in [9.17, 15) is 0 Å². The van der Waals surface area contributed by atoms with Gasteiger partial charge in [0.05, 0.1) is 0 Å². The van der Waals surface area contributed by atoms with Gasteiger partial charge in [-0.15, -0.1) is 0 Å². The highest BCUT2D eigenvalue weighted by Gasteiger charge is 2.34. The summed E-state index contributed by atoms with van der Waals surface area (Å²) in [6.07, 6.45) is 20.5. The van der Waals surface area contributed by atoms with Gasteiger partial charge in [0.15, 0.2) is 0 Å². The van der Waals surface area contributed by atoms with E-state index in [1.54, 1.807) is 0 Å². The number of hydrogen-bond acceptors (Lipinski definition) is 1. The van der Waals surface area contributed by atoms with Crippen LogP contribution in [0.5, 0.6) is 0 Å². The first kappa shape index (κ1) is 20.3. The molecule has 0 aromatic carbocycles. The highest BCUT2D eigenvalue weighted by Crippen LogP contribution is 2.44. The molecule has 1 aliphatic heterocycles. The molecule has 0 bridgehead atoms. The molecule has 0 atom stereocenters. The van der Waals surface area contributed by atoms with Crippen molar-refractivity contribution >= 4 is 0 Å². The Balaban J connectivity index is 1.88. The average molecular weight is 336 g/mol. The van der Waals surface area contributed by atoms with Crippen molar-refractivity contribution in [3.63, 3.8) is 0 Å². The van der Waals surface area contributed by atoms with E-state index in [-0.39, 0.29) is 0 Å². The van der Waals surface area contributed by atoms with Crippen LogP contribution in [-0.4, -0.2) is 25.0 Å². The Morgan fingerprint density at radius 1 is 0.625 bits per heavy atom. The molecule has 0 N–H and O–H groups in total. The van der Waals surface area contributed by atoms with E-state index in [0.717, 1.165) is 5.92 Å². The third-order valence-corrected chi connectivity index (χ3v) is 7.41. The van der Waals surface area contributed by atoms with Crippen LogP contribution in [0.15, 0.2) is 0 Å². The number of likely N-dealkylation sites (tertiary alicyclic amines) is 1. The van der Waals surface area contributed by atoms with Crippen LogP contribution in [0.1, 0.15) is 111 Å². The molecule has 1 saturated heterocycles. The van der Waals surface area contributed by atoms with Gasteiger partial charge in [-0.3, -0.25) is 0 Å². The molecule has 1 nitrogen and oxygen atoms in total. The molecule has 1 aliphatic carbocycles. The summed E-state index contributed by atoms with van der Waals surface area (Å²) in [4.78, 5) is 2.53. The molecule has 0 aromatic heterocycles. The van der Waals surface area contributed by atoms with Crippen LogP contribution < -0.4 is 0 Å². The summed E-state index contributed by atoms with van der Waals surface area (Å²) in [5, 5.41) is 0. The van der Waals surface area contributed by atoms with Crippen molar-refractivity contribution in [3.05, 3.63) is 0 Å². The summed E-state index contributed by atoms with van der Waals surface area (Å²) < 4.78 is 0. The molecule has 1 saturated carbocycles. The van der Waals surface area contributed by atoms with Gasteiger partial charge in [-0.25, -0.2) is 0 Å². The van der Waals surface area contributed by atoms with E-state index < -0.39 is 0 Å². The molecule has 0 spiro atoms. The van der Waals surface area contributed by atoms with Crippen molar-refractivity contribution in [2.24, 2.45) is 16.7 Å². The van der Waals surface area contributed by atoms with Crippen LogP contribution in [0.2, 0.25) is 0 Å². The summed E-state index contributed by atoms with van der Waals surface area (Å²) in [6.45, 7) is 10.3. The van der Waals surface area contributed by atoms with Gasteiger partial charge < -0.3 is 4.90 Å². The Kier molecular flexibility index (Phi) is 8.11. The number of rotatable bonds is 1. The maximum absolute atomic E-state index is 2.65. The Morgan fingerprint density at radius 3 is 1.50 bits per heavy atom. The lowest BCUT2D eigenvalue weighted by Crippen LogP contribution is -2.38. The summed E-state index contributed by atoms with van der Waals surface area (Å²) in [5.41, 5.74) is 1.22. The Bertz CT molecular complexity index is 320. The SMILES string of the molecule is CN1CCC(C2(C)CCCCCCC(C)(C)CCCCCC2)CC1. The second-order valence-electron chi connectivity index (χ2n) is 10.2. The number of nitrogens with zero attached hydrogens (tertiary/aromatic N) is 1. The molecule has 24 heavy (non-hydrogen) atoms. The van der Waals surface area contributed by atoms with E-state index in [2.05, 4.69) is 32.7 Å². The van der Waals surface area contributed by atoms with Crippen LogP contribution in [0.25, 0.3) is 0 Å². The molecular formula is C23H45N. The fourth-order valence-electron chi connectivity index (χ4n) is 5.34. The minimum atomic E-state index is 0.590. The standard InChI is InChI=1S/C23H45N/c1-22(2)15-9-5-7-11-17-23(3,18-12-8-6-10-16-22)21-13-19-24(4)20-14-21/h21H,5-20H2,1-4H3. The molecule has 1 heterocycles. The quantitative estimate of drug-likeness (QED) is 0.496. The van der Waals surface area contributed by atoms with Crippen LogP contribution >= 0.6 is 0 Å². The van der Waals surface area contributed by atoms with E-state index in [4.69, 9.17) is 0 Å². The third kappa shape index (κ3) is 6.70. The summed E-state index contributed by atoms with van der Waals surface area (Å²) in [6, 6.07) is 0. The van der Waals surface area contributed by atoms with Crippen LogP contribution in [0.4, 0.5) is 0 Å². The van der Waals surface area contributed by atoms with Crippen molar-refractivity contribution in [2.45, 2.75) is 111 Å². The summed E-state index contributed by atoms with van der Waals surface area (Å²) in [7, 11) is 2.30. The van der Waals surface area contributed by atoms with Crippen molar-refractivity contribution < 1.29 is 0 Å². The van der Waals surface area contributed by atoms with E-state index >= 15 is 0 Å². The van der Waals surface area contributed by atoms with Crippen molar-refractivity contribution in [2.75, 3.05) is 20.1 Å². The molecule has 2 rings (SSSR count). The number of piperidine rings is 1. The van der Waals surface area contributed by atoms with Gasteiger partial charge in [0.1, 0.15) is 0 Å². The molecule has 2 aliphatic rings. The molecule has 142 valence electrons. The monoisotopic (exact) mass is 335 g/mol. The second kappa shape index (κ2) is 9.60. The molecule has 0 radical (unpaired) electrons. The lowest BCUT2D eigenvalue weighted by atomic mass is 9.66. The average Bonchev–Trinajstić information content (AvgIpc) is 2.54. The highest BCUT2D eigenvalue weighted by atomic mass is 15.1. The van der Waals surface area contributed by atoms with Gasteiger partial charge in [0.25, 0.3) is 0 Å². The van der Waals surface area contributed by atoms with E-state index in [0.29, 0.717) is 10.8 Å². The molecule has 0 unspecified atom stereocenters. The minimum absolute atomic E-state index is 0.590. The Labute approximate surface area is 153 Å². The van der Waals surface area contributed by atoms with Gasteiger partial charge >= 0.3 is 0 Å². The molecular weight excluding hydrogens is 290 g/mol. The lowest BCUT2D eigenvalue weighted by Gasteiger charge is -2.43. The van der Waals surface area contributed by atoms with Gasteiger partial charge in [0.2, 0.25) is 0 Å². The van der Waals surface area contributed by atoms with Gasteiger partial charge in [0, 0.05) is 0 Å². The molecule has 0 amide bonds. The van der Waals surface area contributed by atoms with Crippen molar-refractivity contribution in [1.82, 2.24) is 4.90 Å². The van der Waals surface area contributed by atoms with Gasteiger partial charge in [-0.2, -0.15) is 0 Å². The first-order chi connectivity index (χ1) is 11.4. The molecule has 0 aromatic rings. The third-order valence-electron chi connectivity index (χ3n) is 7.41. The Hall–Kier alpha value is -0.0400. The first-order valence-electron chi connectivity index (χ1n) is 11.1. The maximum atomic E-state index is 2.65.